The lowest BCUT2D eigenvalue weighted by molar-refractivity contribution is 0.395. The number of halogens is 2. The summed E-state index contributed by atoms with van der Waals surface area (Å²) in [4.78, 5) is 8.11. The summed E-state index contributed by atoms with van der Waals surface area (Å²) in [5, 5.41) is 5.77. The van der Waals surface area contributed by atoms with Crippen LogP contribution in [0.15, 0.2) is 42.7 Å². The van der Waals surface area contributed by atoms with Crippen LogP contribution in [0.2, 0.25) is 0 Å². The van der Waals surface area contributed by atoms with Gasteiger partial charge in [0, 0.05) is 12.1 Å². The van der Waals surface area contributed by atoms with Gasteiger partial charge in [-0.05, 0) is 24.3 Å². The van der Waals surface area contributed by atoms with Crippen molar-refractivity contribution in [1.29, 1.82) is 0 Å². The van der Waals surface area contributed by atoms with E-state index in [-0.39, 0.29) is 17.2 Å². The minimum absolute atomic E-state index is 0.0368. The molecule has 27 heavy (non-hydrogen) atoms. The number of hydrogen-bond donors (Lipinski definition) is 3. The SMILES string of the molecule is COc1ccc(Nc2ncnc(Nc3ccc(F)cc3F)c2N)c(OC)c1. The number of hydrogen-bond acceptors (Lipinski definition) is 7. The van der Waals surface area contributed by atoms with E-state index in [9.17, 15) is 8.78 Å². The van der Waals surface area contributed by atoms with Crippen molar-refractivity contribution in [2.75, 3.05) is 30.6 Å². The lowest BCUT2D eigenvalue weighted by Gasteiger charge is -2.15. The summed E-state index contributed by atoms with van der Waals surface area (Å²) in [6.45, 7) is 0. The zero-order valence-corrected chi connectivity index (χ0v) is 14.6. The van der Waals surface area contributed by atoms with E-state index in [0.29, 0.717) is 23.0 Å². The van der Waals surface area contributed by atoms with Gasteiger partial charge in [0.1, 0.15) is 35.1 Å². The highest BCUT2D eigenvalue weighted by Gasteiger charge is 2.13. The minimum atomic E-state index is -0.764. The van der Waals surface area contributed by atoms with Crippen molar-refractivity contribution in [3.8, 4) is 11.5 Å². The molecule has 0 spiro atoms. The Morgan fingerprint density at radius 3 is 2.19 bits per heavy atom. The average Bonchev–Trinajstić information content (AvgIpc) is 2.67. The number of nitrogens with zero attached hydrogens (tertiary/aromatic N) is 2. The Kier molecular flexibility index (Phi) is 5.20. The largest absolute Gasteiger partial charge is 0.497 e. The van der Waals surface area contributed by atoms with Crippen LogP contribution in [-0.2, 0) is 0 Å². The minimum Gasteiger partial charge on any atom is -0.497 e. The zero-order valence-electron chi connectivity index (χ0n) is 14.6. The quantitative estimate of drug-likeness (QED) is 0.604. The van der Waals surface area contributed by atoms with E-state index in [1.807, 2.05) is 0 Å². The summed E-state index contributed by atoms with van der Waals surface area (Å²) in [6, 6.07) is 8.34. The van der Waals surface area contributed by atoms with E-state index in [4.69, 9.17) is 15.2 Å². The summed E-state index contributed by atoms with van der Waals surface area (Å²) in [5.74, 6) is 0.166. The summed E-state index contributed by atoms with van der Waals surface area (Å²) in [7, 11) is 3.07. The van der Waals surface area contributed by atoms with Crippen LogP contribution in [0.5, 0.6) is 11.5 Å². The molecule has 7 nitrogen and oxygen atoms in total. The van der Waals surface area contributed by atoms with Gasteiger partial charge in [0.15, 0.2) is 11.6 Å². The predicted molar refractivity (Wildman–Crippen MR) is 98.9 cm³/mol. The van der Waals surface area contributed by atoms with Crippen LogP contribution < -0.4 is 25.8 Å². The number of nitrogens with two attached hydrogens (primary N) is 1. The van der Waals surface area contributed by atoms with Gasteiger partial charge in [-0.15, -0.1) is 0 Å². The van der Waals surface area contributed by atoms with E-state index in [0.717, 1.165) is 12.1 Å². The number of ether oxygens (including phenoxy) is 2. The van der Waals surface area contributed by atoms with Gasteiger partial charge in [-0.2, -0.15) is 0 Å². The molecule has 0 aliphatic carbocycles. The Balaban J connectivity index is 1.89. The molecular weight excluding hydrogens is 356 g/mol. The second-order valence-electron chi connectivity index (χ2n) is 5.42. The predicted octanol–water partition coefficient (Wildman–Crippen LogP) is 3.84. The van der Waals surface area contributed by atoms with Gasteiger partial charge in [-0.3, -0.25) is 0 Å². The third kappa shape index (κ3) is 3.97. The maximum absolute atomic E-state index is 13.9. The molecule has 0 atom stereocenters. The molecule has 140 valence electrons. The molecule has 0 radical (unpaired) electrons. The molecular formula is C18H17F2N5O2. The summed E-state index contributed by atoms with van der Waals surface area (Å²) >= 11 is 0. The fourth-order valence-electron chi connectivity index (χ4n) is 2.34. The number of nitrogens with one attached hydrogen (secondary N) is 2. The zero-order chi connectivity index (χ0) is 19.4. The Bertz CT molecular complexity index is 968. The number of rotatable bonds is 6. The third-order valence-corrected chi connectivity index (χ3v) is 3.73. The molecule has 9 heteroatoms. The third-order valence-electron chi connectivity index (χ3n) is 3.73. The van der Waals surface area contributed by atoms with E-state index >= 15 is 0 Å². The molecule has 2 aromatic carbocycles. The van der Waals surface area contributed by atoms with Crippen LogP contribution in [0.25, 0.3) is 0 Å². The molecule has 3 aromatic rings. The average molecular weight is 373 g/mol. The number of aromatic nitrogens is 2. The normalized spacial score (nSPS) is 10.4. The van der Waals surface area contributed by atoms with E-state index < -0.39 is 11.6 Å². The van der Waals surface area contributed by atoms with Crippen LogP contribution in [0.3, 0.4) is 0 Å². The monoisotopic (exact) mass is 373 g/mol. The van der Waals surface area contributed by atoms with Crippen LogP contribution in [-0.4, -0.2) is 24.2 Å². The van der Waals surface area contributed by atoms with Crippen molar-refractivity contribution in [2.45, 2.75) is 0 Å². The Morgan fingerprint density at radius 2 is 1.56 bits per heavy atom. The van der Waals surface area contributed by atoms with Crippen LogP contribution in [0, 0.1) is 11.6 Å². The number of benzene rings is 2. The topological polar surface area (TPSA) is 94.3 Å². The van der Waals surface area contributed by atoms with E-state index in [1.54, 1.807) is 25.3 Å². The van der Waals surface area contributed by atoms with Gasteiger partial charge in [0.25, 0.3) is 0 Å². The fraction of sp³-hybridized carbons (Fsp3) is 0.111. The van der Waals surface area contributed by atoms with Crippen molar-refractivity contribution in [3.05, 3.63) is 54.4 Å². The molecule has 0 aliphatic rings. The molecule has 0 unspecified atom stereocenters. The maximum Gasteiger partial charge on any atom is 0.159 e. The summed E-state index contributed by atoms with van der Waals surface area (Å²) in [5.41, 5.74) is 6.88. The van der Waals surface area contributed by atoms with E-state index in [2.05, 4.69) is 20.6 Å². The maximum atomic E-state index is 13.9. The molecule has 4 N–H and O–H groups in total. The van der Waals surface area contributed by atoms with Crippen molar-refractivity contribution >= 4 is 28.7 Å². The lowest BCUT2D eigenvalue weighted by atomic mass is 10.2. The first-order valence-electron chi connectivity index (χ1n) is 7.83. The van der Waals surface area contributed by atoms with Gasteiger partial charge in [0.2, 0.25) is 0 Å². The number of anilines is 5. The first kappa shape index (κ1) is 18.2. The smallest absolute Gasteiger partial charge is 0.159 e. The van der Waals surface area contributed by atoms with Crippen molar-refractivity contribution in [1.82, 2.24) is 9.97 Å². The molecule has 0 bridgehead atoms. The van der Waals surface area contributed by atoms with Crippen molar-refractivity contribution in [3.63, 3.8) is 0 Å². The van der Waals surface area contributed by atoms with Crippen LogP contribution in [0.4, 0.5) is 37.5 Å². The van der Waals surface area contributed by atoms with Gasteiger partial charge >= 0.3 is 0 Å². The number of nitrogen functional groups attached to an aromatic ring is 1. The molecule has 0 fully saturated rings. The Labute approximate surface area is 154 Å². The van der Waals surface area contributed by atoms with Gasteiger partial charge in [-0.1, -0.05) is 0 Å². The lowest BCUT2D eigenvalue weighted by Crippen LogP contribution is -2.06. The van der Waals surface area contributed by atoms with Gasteiger partial charge in [-0.25, -0.2) is 18.7 Å². The highest BCUT2D eigenvalue weighted by molar-refractivity contribution is 5.81. The Morgan fingerprint density at radius 1 is 0.889 bits per heavy atom. The molecule has 3 rings (SSSR count). The van der Waals surface area contributed by atoms with E-state index in [1.165, 1.54) is 19.5 Å². The molecule has 0 aliphatic heterocycles. The highest BCUT2D eigenvalue weighted by Crippen LogP contribution is 2.34. The second kappa shape index (κ2) is 7.73. The van der Waals surface area contributed by atoms with Crippen LogP contribution >= 0.6 is 0 Å². The molecule has 1 aromatic heterocycles. The summed E-state index contributed by atoms with van der Waals surface area (Å²) < 4.78 is 37.4. The number of methoxy groups -OCH3 is 2. The van der Waals surface area contributed by atoms with Gasteiger partial charge < -0.3 is 25.8 Å². The van der Waals surface area contributed by atoms with Crippen LogP contribution in [0.1, 0.15) is 0 Å². The molecule has 0 saturated carbocycles. The fourth-order valence-corrected chi connectivity index (χ4v) is 2.34. The first-order chi connectivity index (χ1) is 13.0. The Hall–Kier alpha value is -3.62. The summed E-state index contributed by atoms with van der Waals surface area (Å²) in [6.07, 6.45) is 1.26. The second-order valence-corrected chi connectivity index (χ2v) is 5.42. The standard InChI is InChI=1S/C18H17F2N5O2/c1-26-11-4-6-14(15(8-11)27-2)25-18-16(21)17(22-9-23-18)24-13-5-3-10(19)7-12(13)20/h3-9H,21H2,1-2H3,(H2,22,23,24,25). The highest BCUT2D eigenvalue weighted by atomic mass is 19.1. The first-order valence-corrected chi connectivity index (χ1v) is 7.83. The van der Waals surface area contributed by atoms with Crippen molar-refractivity contribution in [2.24, 2.45) is 0 Å². The van der Waals surface area contributed by atoms with Gasteiger partial charge in [0.05, 0.1) is 25.6 Å². The molecule has 0 amide bonds. The molecule has 0 saturated heterocycles. The molecule has 1 heterocycles. The van der Waals surface area contributed by atoms with Crippen molar-refractivity contribution < 1.29 is 18.3 Å².